The van der Waals surface area contributed by atoms with Crippen LogP contribution in [0.15, 0.2) is 35.1 Å². The van der Waals surface area contributed by atoms with Gasteiger partial charge in [-0.3, -0.25) is 9.59 Å². The number of hydrogen-bond donors (Lipinski definition) is 3. The van der Waals surface area contributed by atoms with Crippen molar-refractivity contribution in [2.45, 2.75) is 49.9 Å². The third kappa shape index (κ3) is 2.30. The zero-order valence-electron chi connectivity index (χ0n) is 15.9. The van der Waals surface area contributed by atoms with Gasteiger partial charge in [0.25, 0.3) is 0 Å². The molecule has 0 amide bonds. The first kappa shape index (κ1) is 20.0. The molecule has 7 heteroatoms. The van der Waals surface area contributed by atoms with Crippen LogP contribution in [0.5, 0.6) is 0 Å². The number of piperidine rings is 1. The monoisotopic (exact) mass is 451 g/mol. The number of allylic oxidation sites excluding steroid dienone is 3. The van der Waals surface area contributed by atoms with E-state index in [1.165, 1.54) is 18.9 Å². The van der Waals surface area contributed by atoms with E-state index in [0.717, 1.165) is 6.54 Å². The lowest BCUT2D eigenvalue weighted by molar-refractivity contribution is -0.944. The largest absolute Gasteiger partial charge is 1.00 e. The molecule has 5 atom stereocenters. The Morgan fingerprint density at radius 1 is 1.21 bits per heavy atom. The molecule has 0 aromatic rings. The third-order valence-corrected chi connectivity index (χ3v) is 7.80. The Bertz CT molecular complexity index is 859. The highest BCUT2D eigenvalue weighted by Crippen LogP contribution is 2.63. The first-order valence-electron chi connectivity index (χ1n) is 9.89. The molecule has 3 fully saturated rings. The van der Waals surface area contributed by atoms with E-state index < -0.39 is 28.7 Å². The van der Waals surface area contributed by atoms with E-state index in [4.69, 9.17) is 0 Å². The Hall–Kier alpha value is -1.28. The van der Waals surface area contributed by atoms with E-state index in [-0.39, 0.29) is 47.2 Å². The van der Waals surface area contributed by atoms with Gasteiger partial charge in [-0.25, -0.2) is 0 Å². The number of carbonyl (C=O) groups excluding carboxylic acids is 2. The minimum Gasteiger partial charge on any atom is -1.00 e. The van der Waals surface area contributed by atoms with E-state index in [2.05, 4.69) is 7.05 Å². The van der Waals surface area contributed by atoms with E-state index in [1.54, 1.807) is 6.08 Å². The summed E-state index contributed by atoms with van der Waals surface area (Å²) in [4.78, 5) is 24.7. The zero-order valence-corrected chi connectivity index (χ0v) is 17.5. The van der Waals surface area contributed by atoms with Crippen molar-refractivity contribution in [3.8, 4) is 0 Å². The lowest BCUT2D eigenvalue weighted by Crippen LogP contribution is -3.00. The summed E-state index contributed by atoms with van der Waals surface area (Å²) >= 11 is 0. The van der Waals surface area contributed by atoms with Gasteiger partial charge in [-0.15, -0.1) is 0 Å². The second-order valence-electron chi connectivity index (χ2n) is 9.33. The molecule has 1 saturated heterocycles. The predicted octanol–water partition coefficient (Wildman–Crippen LogP) is -2.05. The van der Waals surface area contributed by atoms with Crippen molar-refractivity contribution in [3.05, 3.63) is 35.1 Å². The van der Waals surface area contributed by atoms with Crippen LogP contribution in [0.4, 0.5) is 0 Å². The van der Waals surface area contributed by atoms with Crippen LogP contribution in [0, 0.1) is 11.3 Å². The van der Waals surface area contributed by atoms with Crippen molar-refractivity contribution < 1.29 is 46.4 Å². The maximum atomic E-state index is 12.5. The second kappa shape index (κ2) is 6.11. The highest BCUT2D eigenvalue weighted by molar-refractivity contribution is 6.06. The molecule has 6 nitrogen and oxygen atoms in total. The molecule has 2 bridgehead atoms. The van der Waals surface area contributed by atoms with Gasteiger partial charge in [0.2, 0.25) is 5.78 Å². The molecule has 1 heterocycles. The number of quaternary nitrogens is 1. The van der Waals surface area contributed by atoms with Crippen LogP contribution in [-0.4, -0.2) is 69.3 Å². The molecule has 1 aliphatic heterocycles. The van der Waals surface area contributed by atoms with Crippen molar-refractivity contribution in [2.75, 3.05) is 20.1 Å². The van der Waals surface area contributed by atoms with E-state index in [0.29, 0.717) is 28.9 Å². The van der Waals surface area contributed by atoms with Crippen LogP contribution in [0.1, 0.15) is 32.1 Å². The van der Waals surface area contributed by atoms with Crippen molar-refractivity contribution in [2.24, 2.45) is 11.3 Å². The molecule has 28 heavy (non-hydrogen) atoms. The van der Waals surface area contributed by atoms with Crippen molar-refractivity contribution in [3.63, 3.8) is 0 Å². The molecular weight excluding hydrogens is 426 g/mol. The number of ketones is 2. The Kier molecular flexibility index (Phi) is 4.37. The molecule has 2 saturated carbocycles. The summed E-state index contributed by atoms with van der Waals surface area (Å²) in [7, 11) is 2.15. The molecule has 5 rings (SSSR count). The Labute approximate surface area is 174 Å². The van der Waals surface area contributed by atoms with Crippen molar-refractivity contribution in [1.29, 1.82) is 0 Å². The van der Waals surface area contributed by atoms with Crippen LogP contribution >= 0.6 is 0 Å². The maximum absolute atomic E-state index is 12.5. The number of likely N-dealkylation sites (N-methyl/N-ethyl adjacent to an activating group) is 1. The summed E-state index contributed by atoms with van der Waals surface area (Å²) in [6, 6.07) is -0.279. The molecule has 0 aromatic carbocycles. The van der Waals surface area contributed by atoms with Crippen LogP contribution in [0.3, 0.4) is 0 Å². The normalized spacial score (nSPS) is 44.5. The van der Waals surface area contributed by atoms with Crippen LogP contribution in [0.25, 0.3) is 0 Å². The number of halogens is 1. The summed E-state index contributed by atoms with van der Waals surface area (Å²) in [5.41, 5.74) is -1.74. The number of aliphatic hydroxyl groups excluding tert-OH is 2. The van der Waals surface area contributed by atoms with E-state index in [9.17, 15) is 24.9 Å². The fourth-order valence-corrected chi connectivity index (χ4v) is 6.29. The maximum Gasteiger partial charge on any atom is 0.220 e. The van der Waals surface area contributed by atoms with Gasteiger partial charge < -0.3 is 36.8 Å². The Morgan fingerprint density at radius 2 is 1.93 bits per heavy atom. The molecule has 152 valence electrons. The Balaban J connectivity index is 0.00000192. The molecule has 0 spiro atoms. The number of rotatable bonds is 2. The van der Waals surface area contributed by atoms with Crippen LogP contribution in [0.2, 0.25) is 0 Å². The quantitative estimate of drug-likeness (QED) is 0.420. The summed E-state index contributed by atoms with van der Waals surface area (Å²) in [6.07, 6.45) is 6.68. The third-order valence-electron chi connectivity index (χ3n) is 7.80. The lowest BCUT2D eigenvalue weighted by atomic mass is 9.47. The van der Waals surface area contributed by atoms with Gasteiger partial charge in [-0.1, -0.05) is 6.08 Å². The first-order valence-corrected chi connectivity index (χ1v) is 9.89. The summed E-state index contributed by atoms with van der Waals surface area (Å²) in [5, 5.41) is 33.7. The molecule has 2 unspecified atom stereocenters. The topological polar surface area (TPSA) is 94.8 Å². The first-order chi connectivity index (χ1) is 12.7. The van der Waals surface area contributed by atoms with Gasteiger partial charge in [0.1, 0.15) is 17.7 Å². The number of carbonyl (C=O) groups is 2. The van der Waals surface area contributed by atoms with E-state index in [1.807, 2.05) is 6.08 Å². The van der Waals surface area contributed by atoms with Gasteiger partial charge in [0, 0.05) is 24.3 Å². The van der Waals surface area contributed by atoms with Crippen LogP contribution < -0.4 is 17.0 Å². The van der Waals surface area contributed by atoms with Gasteiger partial charge in [0.15, 0.2) is 11.5 Å². The van der Waals surface area contributed by atoms with Crippen molar-refractivity contribution >= 4 is 11.6 Å². The number of fused-ring (bicyclic) bond motifs is 1. The molecule has 3 N–H and O–H groups in total. The minimum atomic E-state index is -1.41. The highest BCUT2D eigenvalue weighted by Gasteiger charge is 2.73. The minimum absolute atomic E-state index is 0. The van der Waals surface area contributed by atoms with Gasteiger partial charge >= 0.3 is 0 Å². The molecular formula is C21H26BrNO5. The number of Topliss-reactive ketones (excluding diaryl/α,β-unsaturated/α-hetero) is 1. The smallest absolute Gasteiger partial charge is 0.220 e. The standard InChI is InChI=1S/C21H25NO5.BrH/c1-22(11-12-2-3-12)9-8-20-17-13(4-5-14(23)18(17)25)10-16(22)21(20,27)7-6-15(24)19(20)26;/h4-5,10,12,16,19,26-27H,2-3,6-9,11H2,1H3;1H/t16-,19?,20+,21-,22?;/m1./s1. The molecule has 5 aliphatic rings. The van der Waals surface area contributed by atoms with Gasteiger partial charge in [-0.2, -0.15) is 0 Å². The van der Waals surface area contributed by atoms with Crippen molar-refractivity contribution in [1.82, 2.24) is 0 Å². The zero-order chi connectivity index (χ0) is 19.2. The number of nitrogens with zero attached hydrogens (tertiary/aromatic N) is 1. The molecule has 4 aliphatic carbocycles. The predicted molar refractivity (Wildman–Crippen MR) is 96.6 cm³/mol. The van der Waals surface area contributed by atoms with E-state index >= 15 is 0 Å². The summed E-state index contributed by atoms with van der Waals surface area (Å²) in [5.74, 6) is -0.634. The average molecular weight is 452 g/mol. The average Bonchev–Trinajstić information content (AvgIpc) is 3.43. The number of likely N-dealkylation sites (tertiary alicyclic amines) is 1. The number of hydrogen-bond acceptors (Lipinski definition) is 5. The number of aliphatic hydroxyl groups is 3. The fourth-order valence-electron chi connectivity index (χ4n) is 6.29. The summed E-state index contributed by atoms with van der Waals surface area (Å²) in [6.45, 7) is 1.65. The Morgan fingerprint density at radius 3 is 2.61 bits per heavy atom. The second-order valence-corrected chi connectivity index (χ2v) is 9.33. The lowest BCUT2D eigenvalue weighted by Gasteiger charge is -2.65. The van der Waals surface area contributed by atoms with Gasteiger partial charge in [-0.05, 0) is 37.0 Å². The SMILES string of the molecule is C[N+]1(CC2CC2)CC[C@@]23C4=C(O)C(=O)C=CC4=C[C@@H]1[C@]2(O)CCC(=O)C3O.[Br-]. The fraction of sp³-hybridized carbons (Fsp3) is 0.619. The van der Waals surface area contributed by atoms with Crippen LogP contribution in [-0.2, 0) is 9.59 Å². The molecule has 0 aromatic heterocycles. The van der Waals surface area contributed by atoms with Gasteiger partial charge in [0.05, 0.1) is 25.6 Å². The highest BCUT2D eigenvalue weighted by atomic mass is 79.9. The molecule has 0 radical (unpaired) electrons. The summed E-state index contributed by atoms with van der Waals surface area (Å²) < 4.78 is 0.670.